The van der Waals surface area contributed by atoms with Gasteiger partial charge in [-0.05, 0) is 60.2 Å². The molecule has 0 radical (unpaired) electrons. The Morgan fingerprint density at radius 3 is 2.26 bits per heavy atom. The van der Waals surface area contributed by atoms with Crippen molar-refractivity contribution in [1.82, 2.24) is 4.57 Å². The zero-order valence-electron chi connectivity index (χ0n) is 19.7. The van der Waals surface area contributed by atoms with Crippen molar-refractivity contribution in [2.75, 3.05) is 11.5 Å². The van der Waals surface area contributed by atoms with Crippen LogP contribution < -0.4 is 16.8 Å². The van der Waals surface area contributed by atoms with E-state index in [-0.39, 0.29) is 0 Å². The molecule has 0 unspecified atom stereocenters. The first-order valence-electron chi connectivity index (χ1n) is 11.6. The highest BCUT2D eigenvalue weighted by Crippen LogP contribution is 2.32. The lowest BCUT2D eigenvalue weighted by Crippen LogP contribution is -2.14. The van der Waals surface area contributed by atoms with Crippen molar-refractivity contribution < 1.29 is 0 Å². The molecule has 168 valence electrons. The minimum Gasteiger partial charge on any atom is -0.398 e. The number of aryl methyl sites for hydroxylation is 2. The molecule has 3 heteroatoms. The van der Waals surface area contributed by atoms with Crippen molar-refractivity contribution in [3.05, 3.63) is 108 Å². The predicted molar refractivity (Wildman–Crippen MR) is 150 cm³/mol. The number of rotatable bonds is 5. The third-order valence-corrected chi connectivity index (χ3v) is 6.63. The minimum absolute atomic E-state index is 0.792. The number of benzene rings is 4. The van der Waals surface area contributed by atoms with E-state index in [4.69, 9.17) is 11.5 Å². The van der Waals surface area contributed by atoms with Gasteiger partial charge in [-0.3, -0.25) is 0 Å². The number of hydrogen-bond acceptors (Lipinski definition) is 2. The topological polar surface area (TPSA) is 57.0 Å². The fraction of sp³-hybridized carbons (Fsp3) is 0.0968. The Hall–Kier alpha value is -4.24. The molecular weight excluding hydrogens is 414 g/mol. The number of nitrogens with zero attached hydrogens (tertiary/aromatic N) is 1. The van der Waals surface area contributed by atoms with Crippen molar-refractivity contribution in [1.29, 1.82) is 0 Å². The minimum atomic E-state index is 0.792. The van der Waals surface area contributed by atoms with Crippen LogP contribution in [0.4, 0.5) is 11.4 Å². The third kappa shape index (κ3) is 3.46. The molecule has 0 amide bonds. The molecular formula is C31H29N3. The lowest BCUT2D eigenvalue weighted by Gasteiger charge is -2.11. The monoisotopic (exact) mass is 443 g/mol. The maximum atomic E-state index is 6.25. The van der Waals surface area contributed by atoms with Gasteiger partial charge >= 0.3 is 0 Å². The van der Waals surface area contributed by atoms with Crippen LogP contribution in [0.25, 0.3) is 44.1 Å². The van der Waals surface area contributed by atoms with Gasteiger partial charge < -0.3 is 16.0 Å². The van der Waals surface area contributed by atoms with E-state index in [1.807, 2.05) is 24.3 Å². The first-order chi connectivity index (χ1) is 16.5. The van der Waals surface area contributed by atoms with Crippen LogP contribution in [0.3, 0.4) is 0 Å². The number of hydrogen-bond donors (Lipinski definition) is 2. The van der Waals surface area contributed by atoms with Crippen molar-refractivity contribution in [2.24, 2.45) is 0 Å². The summed E-state index contributed by atoms with van der Waals surface area (Å²) in [4.78, 5) is 0. The second-order valence-electron chi connectivity index (χ2n) is 8.67. The predicted octanol–water partition coefficient (Wildman–Crippen LogP) is 6.77. The summed E-state index contributed by atoms with van der Waals surface area (Å²) in [5, 5.41) is 7.00. The molecule has 0 aliphatic rings. The van der Waals surface area contributed by atoms with Crippen molar-refractivity contribution in [3.63, 3.8) is 0 Å². The molecule has 0 saturated carbocycles. The van der Waals surface area contributed by atoms with Crippen LogP contribution in [0.5, 0.6) is 0 Å². The smallest absolute Gasteiger partial charge is 0.0498 e. The normalized spacial score (nSPS) is 12.8. The number of fused-ring (bicyclic) bond motifs is 1. The highest BCUT2D eigenvalue weighted by atomic mass is 15.0. The summed E-state index contributed by atoms with van der Waals surface area (Å²) in [5.41, 5.74) is 18.6. The van der Waals surface area contributed by atoms with Gasteiger partial charge in [-0.25, -0.2) is 0 Å². The van der Waals surface area contributed by atoms with Gasteiger partial charge in [0.25, 0.3) is 0 Å². The zero-order chi connectivity index (χ0) is 23.8. The molecule has 0 fully saturated rings. The molecule has 0 bridgehead atoms. The first kappa shape index (κ1) is 21.6. The molecule has 0 spiro atoms. The van der Waals surface area contributed by atoms with Gasteiger partial charge in [-0.15, -0.1) is 0 Å². The molecule has 0 saturated heterocycles. The molecule has 4 N–H and O–H groups in total. The summed E-state index contributed by atoms with van der Waals surface area (Å²) >= 11 is 0. The highest BCUT2D eigenvalue weighted by molar-refractivity contribution is 6.14. The van der Waals surface area contributed by atoms with E-state index in [1.165, 1.54) is 27.2 Å². The van der Waals surface area contributed by atoms with E-state index >= 15 is 0 Å². The lowest BCUT2D eigenvalue weighted by atomic mass is 9.94. The standard InChI is InChI=1S/C31H29N3/c1-4-34-28(25-14-9-13-24-27(33)18-19-29(34)31(24)25)15-7-5-6-10-20(2)22-11-8-12-23-26(32)17-16-21(3)30(22)23/h5-19H,2,4,32-33H2,1,3H3/b7-5+,10-6+,28-15-. The Kier molecular flexibility index (Phi) is 5.46. The Balaban J connectivity index is 1.49. The molecule has 0 aliphatic heterocycles. The quantitative estimate of drug-likeness (QED) is 0.233. The second-order valence-corrected chi connectivity index (χ2v) is 8.67. The van der Waals surface area contributed by atoms with E-state index in [0.29, 0.717) is 0 Å². The molecule has 1 aromatic heterocycles. The molecule has 0 atom stereocenters. The number of allylic oxidation sites excluding steroid dienone is 5. The average Bonchev–Trinajstić information content (AvgIpc) is 3.16. The van der Waals surface area contributed by atoms with Crippen LogP contribution >= 0.6 is 0 Å². The number of aromatic nitrogens is 1. The van der Waals surface area contributed by atoms with E-state index in [1.54, 1.807) is 0 Å². The summed E-state index contributed by atoms with van der Waals surface area (Å²) in [6.07, 6.45) is 10.4. The molecule has 34 heavy (non-hydrogen) atoms. The van der Waals surface area contributed by atoms with Crippen LogP contribution in [0.1, 0.15) is 18.1 Å². The Morgan fingerprint density at radius 1 is 0.824 bits per heavy atom. The molecule has 1 heterocycles. The summed E-state index contributed by atoms with van der Waals surface area (Å²) in [6.45, 7) is 9.49. The Labute approximate surface area is 200 Å². The van der Waals surface area contributed by atoms with Crippen LogP contribution in [-0.2, 0) is 6.54 Å². The summed E-state index contributed by atoms with van der Waals surface area (Å²) in [6, 6.07) is 20.7. The average molecular weight is 444 g/mol. The van der Waals surface area contributed by atoms with Gasteiger partial charge in [0, 0.05) is 50.3 Å². The van der Waals surface area contributed by atoms with E-state index < -0.39 is 0 Å². The zero-order valence-corrected chi connectivity index (χ0v) is 19.7. The van der Waals surface area contributed by atoms with Crippen molar-refractivity contribution in [3.8, 4) is 0 Å². The summed E-state index contributed by atoms with van der Waals surface area (Å²) in [5.74, 6) is 0. The first-order valence-corrected chi connectivity index (χ1v) is 11.6. The fourth-order valence-corrected chi connectivity index (χ4v) is 4.99. The molecule has 5 aromatic rings. The SMILES string of the molecule is C=C(/C=C/C=C/C=c1/c2cccc3c(N)ccc(c32)n1CC)c1cccc2c(N)ccc(C)c12. The van der Waals surface area contributed by atoms with Crippen molar-refractivity contribution >= 4 is 55.5 Å². The van der Waals surface area contributed by atoms with Gasteiger partial charge in [-0.2, -0.15) is 0 Å². The van der Waals surface area contributed by atoms with Crippen LogP contribution in [-0.4, -0.2) is 4.57 Å². The molecule has 5 rings (SSSR count). The largest absolute Gasteiger partial charge is 0.398 e. The Bertz CT molecular complexity index is 1680. The van der Waals surface area contributed by atoms with Gasteiger partial charge in [-0.1, -0.05) is 73.3 Å². The molecule has 4 aromatic carbocycles. The van der Waals surface area contributed by atoms with E-state index in [0.717, 1.165) is 45.2 Å². The summed E-state index contributed by atoms with van der Waals surface area (Å²) in [7, 11) is 0. The van der Waals surface area contributed by atoms with Crippen LogP contribution in [0.15, 0.2) is 91.5 Å². The van der Waals surface area contributed by atoms with E-state index in [9.17, 15) is 0 Å². The summed E-state index contributed by atoms with van der Waals surface area (Å²) < 4.78 is 2.34. The Morgan fingerprint density at radius 2 is 1.50 bits per heavy atom. The lowest BCUT2D eigenvalue weighted by molar-refractivity contribution is 0.777. The highest BCUT2D eigenvalue weighted by Gasteiger charge is 2.11. The number of nitrogen functional groups attached to an aromatic ring is 2. The number of anilines is 2. The van der Waals surface area contributed by atoms with Gasteiger partial charge in [0.1, 0.15) is 0 Å². The van der Waals surface area contributed by atoms with Crippen LogP contribution in [0.2, 0.25) is 0 Å². The number of nitrogens with two attached hydrogens (primary N) is 2. The second kappa shape index (κ2) is 8.60. The van der Waals surface area contributed by atoms with Crippen LogP contribution in [0, 0.1) is 6.92 Å². The maximum absolute atomic E-state index is 6.25. The van der Waals surface area contributed by atoms with Gasteiger partial charge in [0.2, 0.25) is 0 Å². The van der Waals surface area contributed by atoms with Gasteiger partial charge in [0.05, 0.1) is 0 Å². The maximum Gasteiger partial charge on any atom is 0.0498 e. The fourth-order valence-electron chi connectivity index (χ4n) is 4.99. The van der Waals surface area contributed by atoms with Gasteiger partial charge in [0.15, 0.2) is 0 Å². The third-order valence-electron chi connectivity index (χ3n) is 6.63. The molecule has 0 aliphatic carbocycles. The van der Waals surface area contributed by atoms with E-state index in [2.05, 4.69) is 91.8 Å². The van der Waals surface area contributed by atoms with Crippen molar-refractivity contribution in [2.45, 2.75) is 20.4 Å². The molecule has 3 nitrogen and oxygen atoms in total.